The van der Waals surface area contributed by atoms with Crippen LogP contribution in [-0.2, 0) is 11.3 Å². The zero-order valence-electron chi connectivity index (χ0n) is 8.87. The lowest BCUT2D eigenvalue weighted by atomic mass is 10.4. The monoisotopic (exact) mass is 274 g/mol. The Bertz CT molecular complexity index is 387. The van der Waals surface area contributed by atoms with Gasteiger partial charge in [0, 0.05) is 18.4 Å². The van der Waals surface area contributed by atoms with E-state index in [9.17, 15) is 4.79 Å². The lowest BCUT2D eigenvalue weighted by Gasteiger charge is -2.10. The lowest BCUT2D eigenvalue weighted by Crippen LogP contribution is -2.23. The van der Waals surface area contributed by atoms with Crippen LogP contribution >= 0.6 is 15.9 Å². The number of nitrogens with two attached hydrogens (primary N) is 1. The molecule has 0 aliphatic carbocycles. The summed E-state index contributed by atoms with van der Waals surface area (Å²) in [6, 6.07) is 1.60. The smallest absolute Gasteiger partial charge is 0.265 e. The molecule has 2 N–H and O–H groups in total. The molecule has 0 atom stereocenters. The quantitative estimate of drug-likeness (QED) is 0.908. The second-order valence-electron chi connectivity index (χ2n) is 3.54. The molecule has 15 heavy (non-hydrogen) atoms. The highest BCUT2D eigenvalue weighted by atomic mass is 79.9. The van der Waals surface area contributed by atoms with Crippen molar-refractivity contribution < 1.29 is 4.74 Å². The van der Waals surface area contributed by atoms with E-state index in [0.717, 1.165) is 0 Å². The van der Waals surface area contributed by atoms with E-state index in [0.29, 0.717) is 23.3 Å². The van der Waals surface area contributed by atoms with E-state index < -0.39 is 0 Å². The van der Waals surface area contributed by atoms with E-state index in [1.54, 1.807) is 16.8 Å². The van der Waals surface area contributed by atoms with E-state index in [4.69, 9.17) is 10.5 Å². The van der Waals surface area contributed by atoms with Gasteiger partial charge in [0.2, 0.25) is 0 Å². The number of ether oxygens (including phenoxy) is 1. The van der Waals surface area contributed by atoms with Crippen LogP contribution in [0.2, 0.25) is 0 Å². The van der Waals surface area contributed by atoms with Gasteiger partial charge in [-0.3, -0.25) is 4.79 Å². The number of rotatable bonds is 4. The van der Waals surface area contributed by atoms with Crippen molar-refractivity contribution in [2.24, 2.45) is 0 Å². The molecule has 84 valence electrons. The molecule has 1 heterocycles. The maximum Gasteiger partial charge on any atom is 0.265 e. The Labute approximate surface area is 97.2 Å². The second kappa shape index (κ2) is 5.32. The molecule has 1 rings (SSSR count). The first-order valence-electron chi connectivity index (χ1n) is 4.77. The molecule has 0 amide bonds. The van der Waals surface area contributed by atoms with Crippen molar-refractivity contribution in [1.29, 1.82) is 0 Å². The molecule has 0 saturated heterocycles. The first-order valence-corrected chi connectivity index (χ1v) is 5.57. The molecular formula is C10H15BrN2O2. The van der Waals surface area contributed by atoms with Crippen LogP contribution in [0.25, 0.3) is 0 Å². The number of hydrogen-bond donors (Lipinski definition) is 1. The first-order chi connectivity index (χ1) is 7.00. The summed E-state index contributed by atoms with van der Waals surface area (Å²) in [6.07, 6.45) is 1.79. The Hall–Kier alpha value is -0.810. The van der Waals surface area contributed by atoms with E-state index in [-0.39, 0.29) is 11.7 Å². The summed E-state index contributed by atoms with van der Waals surface area (Å²) < 4.78 is 7.39. The van der Waals surface area contributed by atoms with Gasteiger partial charge in [-0.1, -0.05) is 0 Å². The van der Waals surface area contributed by atoms with Gasteiger partial charge in [0.25, 0.3) is 5.56 Å². The minimum Gasteiger partial charge on any atom is -0.398 e. The van der Waals surface area contributed by atoms with Crippen LogP contribution in [0.5, 0.6) is 0 Å². The Morgan fingerprint density at radius 1 is 1.60 bits per heavy atom. The summed E-state index contributed by atoms with van der Waals surface area (Å²) in [6.45, 7) is 4.93. The highest BCUT2D eigenvalue weighted by Crippen LogP contribution is 2.07. The van der Waals surface area contributed by atoms with Crippen molar-refractivity contribution in [2.45, 2.75) is 26.5 Å². The van der Waals surface area contributed by atoms with Crippen LogP contribution in [0.3, 0.4) is 0 Å². The van der Waals surface area contributed by atoms with Gasteiger partial charge in [0.05, 0.1) is 17.2 Å². The number of halogens is 1. The molecule has 0 aliphatic rings. The van der Waals surface area contributed by atoms with Crippen molar-refractivity contribution in [3.05, 3.63) is 27.1 Å². The van der Waals surface area contributed by atoms with Crippen molar-refractivity contribution in [2.75, 3.05) is 12.3 Å². The largest absolute Gasteiger partial charge is 0.398 e. The van der Waals surface area contributed by atoms with Crippen molar-refractivity contribution in [3.63, 3.8) is 0 Å². The summed E-state index contributed by atoms with van der Waals surface area (Å²) >= 11 is 3.16. The van der Waals surface area contributed by atoms with E-state index in [1.807, 2.05) is 13.8 Å². The maximum absolute atomic E-state index is 11.6. The summed E-state index contributed by atoms with van der Waals surface area (Å²) in [7, 11) is 0. The fraction of sp³-hybridized carbons (Fsp3) is 0.500. The van der Waals surface area contributed by atoms with Gasteiger partial charge in [-0.25, -0.2) is 0 Å². The summed E-state index contributed by atoms with van der Waals surface area (Å²) in [4.78, 5) is 11.6. The second-order valence-corrected chi connectivity index (χ2v) is 4.39. The topological polar surface area (TPSA) is 57.2 Å². The standard InChI is InChI=1S/C10H15BrN2O2/c1-7(2)15-4-3-13-6-8(12)5-9(11)10(13)14/h5-7H,3-4,12H2,1-2H3. The number of hydrogen-bond acceptors (Lipinski definition) is 3. The van der Waals surface area contributed by atoms with Crippen molar-refractivity contribution >= 4 is 21.6 Å². The zero-order valence-corrected chi connectivity index (χ0v) is 10.5. The highest BCUT2D eigenvalue weighted by molar-refractivity contribution is 9.10. The summed E-state index contributed by atoms with van der Waals surface area (Å²) in [5.74, 6) is 0. The highest BCUT2D eigenvalue weighted by Gasteiger charge is 2.02. The molecule has 1 aromatic heterocycles. The molecule has 0 bridgehead atoms. The molecule has 0 radical (unpaired) electrons. The lowest BCUT2D eigenvalue weighted by molar-refractivity contribution is 0.0722. The maximum atomic E-state index is 11.6. The van der Waals surface area contributed by atoms with Crippen LogP contribution in [-0.4, -0.2) is 17.3 Å². The zero-order chi connectivity index (χ0) is 11.4. The number of nitrogens with zero attached hydrogens (tertiary/aromatic N) is 1. The Kier molecular flexibility index (Phi) is 4.35. The van der Waals surface area contributed by atoms with Crippen LogP contribution in [0, 0.1) is 0 Å². The van der Waals surface area contributed by atoms with Crippen molar-refractivity contribution in [3.8, 4) is 0 Å². The van der Waals surface area contributed by atoms with Gasteiger partial charge in [-0.05, 0) is 35.8 Å². The Morgan fingerprint density at radius 2 is 2.27 bits per heavy atom. The number of anilines is 1. The predicted octanol–water partition coefficient (Wildman–Crippen LogP) is 1.62. The van der Waals surface area contributed by atoms with Gasteiger partial charge in [-0.15, -0.1) is 0 Å². The molecule has 0 fully saturated rings. The fourth-order valence-corrected chi connectivity index (χ4v) is 1.67. The molecule has 4 nitrogen and oxygen atoms in total. The van der Waals surface area contributed by atoms with E-state index in [1.165, 1.54) is 0 Å². The van der Waals surface area contributed by atoms with Crippen molar-refractivity contribution in [1.82, 2.24) is 4.57 Å². The first kappa shape index (κ1) is 12.3. The molecule has 0 aromatic carbocycles. The van der Waals surface area contributed by atoms with Gasteiger partial charge in [0.15, 0.2) is 0 Å². The molecular weight excluding hydrogens is 260 g/mol. The third-order valence-corrected chi connectivity index (χ3v) is 2.41. The number of pyridine rings is 1. The molecule has 5 heteroatoms. The van der Waals surface area contributed by atoms with Crippen LogP contribution < -0.4 is 11.3 Å². The molecule has 0 unspecified atom stereocenters. The van der Waals surface area contributed by atoms with Crippen LogP contribution in [0.4, 0.5) is 5.69 Å². The molecule has 0 spiro atoms. The number of aromatic nitrogens is 1. The summed E-state index contributed by atoms with van der Waals surface area (Å²) in [5.41, 5.74) is 6.10. The van der Waals surface area contributed by atoms with Gasteiger partial charge >= 0.3 is 0 Å². The molecule has 0 aliphatic heterocycles. The van der Waals surface area contributed by atoms with Gasteiger partial charge < -0.3 is 15.0 Å². The molecule has 1 aromatic rings. The van der Waals surface area contributed by atoms with Crippen LogP contribution in [0.1, 0.15) is 13.8 Å². The average molecular weight is 275 g/mol. The van der Waals surface area contributed by atoms with Gasteiger partial charge in [0.1, 0.15) is 0 Å². The Balaban J connectivity index is 2.73. The third-order valence-electron chi connectivity index (χ3n) is 1.85. The molecule has 0 saturated carbocycles. The fourth-order valence-electron chi connectivity index (χ4n) is 1.17. The average Bonchev–Trinajstić information content (AvgIpc) is 2.12. The van der Waals surface area contributed by atoms with E-state index >= 15 is 0 Å². The third kappa shape index (κ3) is 3.68. The van der Waals surface area contributed by atoms with Gasteiger partial charge in [-0.2, -0.15) is 0 Å². The SMILES string of the molecule is CC(C)OCCn1cc(N)cc(Br)c1=O. The van der Waals surface area contributed by atoms with E-state index in [2.05, 4.69) is 15.9 Å². The Morgan fingerprint density at radius 3 is 2.87 bits per heavy atom. The normalized spacial score (nSPS) is 10.9. The number of nitrogen functional groups attached to an aromatic ring is 1. The van der Waals surface area contributed by atoms with Crippen LogP contribution in [0.15, 0.2) is 21.5 Å². The minimum atomic E-state index is -0.0865. The summed E-state index contributed by atoms with van der Waals surface area (Å²) in [5, 5.41) is 0. The minimum absolute atomic E-state index is 0.0865. The predicted molar refractivity (Wildman–Crippen MR) is 63.9 cm³/mol.